The van der Waals surface area contributed by atoms with E-state index >= 15 is 0 Å². The molecule has 0 radical (unpaired) electrons. The second kappa shape index (κ2) is 18.0. The molecule has 0 N–H and O–H groups in total. The van der Waals surface area contributed by atoms with E-state index in [1.807, 2.05) is 0 Å². The summed E-state index contributed by atoms with van der Waals surface area (Å²) in [5.74, 6) is 0. The van der Waals surface area contributed by atoms with Crippen LogP contribution in [0.5, 0.6) is 0 Å². The first kappa shape index (κ1) is 22.7. The Hall–Kier alpha value is 0.700. The molecule has 0 fully saturated rings. The molecule has 0 amide bonds. The van der Waals surface area contributed by atoms with Crippen molar-refractivity contribution in [3.63, 3.8) is 0 Å². The second-order valence-corrected chi connectivity index (χ2v) is 9.59. The third-order valence-electron chi connectivity index (χ3n) is 4.31. The maximum Gasteiger partial charge on any atom is 0.0151 e. The molecular formula is C20H42S2. The Morgan fingerprint density at radius 3 is 1.18 bits per heavy atom. The lowest BCUT2D eigenvalue weighted by atomic mass is 10.1. The van der Waals surface area contributed by atoms with Gasteiger partial charge in [-0.15, -0.1) is 0 Å². The quantitative estimate of drug-likeness (QED) is 0.191. The summed E-state index contributed by atoms with van der Waals surface area (Å²) >= 11 is 0. The fourth-order valence-electron chi connectivity index (χ4n) is 2.88. The zero-order valence-corrected chi connectivity index (χ0v) is 17.5. The Morgan fingerprint density at radius 1 is 0.455 bits per heavy atom. The third-order valence-corrected chi connectivity index (χ3v) is 7.87. The van der Waals surface area contributed by atoms with E-state index < -0.39 is 0 Å². The third kappa shape index (κ3) is 14.3. The van der Waals surface area contributed by atoms with Gasteiger partial charge in [0.05, 0.1) is 0 Å². The van der Waals surface area contributed by atoms with Gasteiger partial charge < -0.3 is 0 Å². The molecule has 134 valence electrons. The summed E-state index contributed by atoms with van der Waals surface area (Å²) in [4.78, 5) is 0. The summed E-state index contributed by atoms with van der Waals surface area (Å²) in [5.41, 5.74) is 0. The summed E-state index contributed by atoms with van der Waals surface area (Å²) < 4.78 is 0. The van der Waals surface area contributed by atoms with Crippen LogP contribution in [0.1, 0.15) is 118 Å². The van der Waals surface area contributed by atoms with E-state index in [0.29, 0.717) is 0 Å². The van der Waals surface area contributed by atoms with Gasteiger partial charge >= 0.3 is 0 Å². The first-order valence-electron chi connectivity index (χ1n) is 10.1. The van der Waals surface area contributed by atoms with Crippen LogP contribution in [-0.2, 0) is 0 Å². The number of hydrogen-bond donors (Lipinski definition) is 0. The van der Waals surface area contributed by atoms with Gasteiger partial charge in [-0.1, -0.05) is 113 Å². The summed E-state index contributed by atoms with van der Waals surface area (Å²) in [6.45, 7) is 9.31. The fourth-order valence-corrected chi connectivity index (χ4v) is 6.48. The van der Waals surface area contributed by atoms with Crippen molar-refractivity contribution in [2.75, 3.05) is 0 Å². The van der Waals surface area contributed by atoms with Crippen LogP contribution in [0.4, 0.5) is 0 Å². The maximum atomic E-state index is 2.35. The van der Waals surface area contributed by atoms with Crippen LogP contribution < -0.4 is 0 Å². The second-order valence-electron chi connectivity index (χ2n) is 6.71. The zero-order chi connectivity index (χ0) is 16.5. The molecule has 0 saturated carbocycles. The molecule has 0 aromatic heterocycles. The minimum absolute atomic E-state index is 0.904. The Morgan fingerprint density at radius 2 is 0.864 bits per heavy atom. The zero-order valence-electron chi connectivity index (χ0n) is 15.9. The molecule has 22 heavy (non-hydrogen) atoms. The van der Waals surface area contributed by atoms with E-state index in [9.17, 15) is 0 Å². The molecule has 0 heterocycles. The molecule has 0 bridgehead atoms. The number of unbranched alkanes of at least 4 members (excludes halogenated alkanes) is 6. The van der Waals surface area contributed by atoms with Crippen LogP contribution in [0.25, 0.3) is 0 Å². The van der Waals surface area contributed by atoms with Crippen molar-refractivity contribution in [2.24, 2.45) is 0 Å². The summed E-state index contributed by atoms with van der Waals surface area (Å²) in [5, 5.41) is 1.81. The minimum atomic E-state index is 0.904. The molecule has 0 aromatic carbocycles. The van der Waals surface area contributed by atoms with Gasteiger partial charge in [0, 0.05) is 10.5 Å². The molecule has 2 heteroatoms. The van der Waals surface area contributed by atoms with E-state index in [0.717, 1.165) is 10.5 Å². The van der Waals surface area contributed by atoms with Gasteiger partial charge in [-0.2, -0.15) is 0 Å². The molecule has 0 aliphatic carbocycles. The molecular weight excluding hydrogens is 304 g/mol. The van der Waals surface area contributed by atoms with Gasteiger partial charge in [-0.3, -0.25) is 0 Å². The highest BCUT2D eigenvalue weighted by Gasteiger charge is 2.14. The lowest BCUT2D eigenvalue weighted by Gasteiger charge is -2.20. The maximum absolute atomic E-state index is 2.35. The highest BCUT2D eigenvalue weighted by atomic mass is 33.1. The smallest absolute Gasteiger partial charge is 0.0151 e. The minimum Gasteiger partial charge on any atom is -0.0904 e. The predicted octanol–water partition coefficient (Wildman–Crippen LogP) is 8.65. The topological polar surface area (TPSA) is 0 Å². The molecule has 0 aliphatic heterocycles. The lowest BCUT2D eigenvalue weighted by Crippen LogP contribution is -2.05. The molecule has 0 aliphatic rings. The van der Waals surface area contributed by atoms with Crippen LogP contribution in [0.3, 0.4) is 0 Å². The van der Waals surface area contributed by atoms with Crippen molar-refractivity contribution in [3.8, 4) is 0 Å². The molecule has 0 rings (SSSR count). The first-order valence-corrected chi connectivity index (χ1v) is 12.4. The molecule has 0 saturated heterocycles. The normalized spacial score (nSPS) is 14.2. The predicted molar refractivity (Wildman–Crippen MR) is 110 cm³/mol. The standard InChI is InChI=1S/C20H42S2/c1-5-9-11-13-17-19(15-7-3)21-22-20(16-8-4)18-14-12-10-6-2/h19-20H,5-18H2,1-4H3. The van der Waals surface area contributed by atoms with Gasteiger partial charge in [-0.05, 0) is 25.7 Å². The summed E-state index contributed by atoms with van der Waals surface area (Å²) in [6, 6.07) is 0. The molecule has 2 unspecified atom stereocenters. The molecule has 0 aromatic rings. The van der Waals surface area contributed by atoms with Crippen LogP contribution in [-0.4, -0.2) is 10.5 Å². The first-order chi connectivity index (χ1) is 10.8. The van der Waals surface area contributed by atoms with Crippen molar-refractivity contribution >= 4 is 21.6 Å². The van der Waals surface area contributed by atoms with Crippen LogP contribution in [0, 0.1) is 0 Å². The molecule has 0 spiro atoms. The van der Waals surface area contributed by atoms with Crippen LogP contribution >= 0.6 is 21.6 Å². The van der Waals surface area contributed by atoms with Crippen molar-refractivity contribution < 1.29 is 0 Å². The van der Waals surface area contributed by atoms with Gasteiger partial charge in [0.1, 0.15) is 0 Å². The van der Waals surface area contributed by atoms with Crippen LogP contribution in [0.2, 0.25) is 0 Å². The van der Waals surface area contributed by atoms with E-state index in [1.165, 1.54) is 89.9 Å². The van der Waals surface area contributed by atoms with Crippen molar-refractivity contribution in [1.29, 1.82) is 0 Å². The van der Waals surface area contributed by atoms with Crippen LogP contribution in [0.15, 0.2) is 0 Å². The molecule has 0 nitrogen and oxygen atoms in total. The van der Waals surface area contributed by atoms with E-state index in [1.54, 1.807) is 0 Å². The van der Waals surface area contributed by atoms with Gasteiger partial charge in [0.15, 0.2) is 0 Å². The van der Waals surface area contributed by atoms with Gasteiger partial charge in [-0.25, -0.2) is 0 Å². The van der Waals surface area contributed by atoms with Gasteiger partial charge in [0.25, 0.3) is 0 Å². The van der Waals surface area contributed by atoms with Crippen molar-refractivity contribution in [2.45, 2.75) is 128 Å². The van der Waals surface area contributed by atoms with Crippen molar-refractivity contribution in [3.05, 3.63) is 0 Å². The Labute approximate surface area is 149 Å². The Balaban J connectivity index is 3.96. The summed E-state index contributed by atoms with van der Waals surface area (Å²) in [6.07, 6.45) is 19.8. The number of rotatable bonds is 17. The SMILES string of the molecule is CCCCCCC(CCC)SSC(CCC)CCCCCC. The number of hydrogen-bond acceptors (Lipinski definition) is 2. The highest BCUT2D eigenvalue weighted by molar-refractivity contribution is 8.77. The van der Waals surface area contributed by atoms with E-state index in [2.05, 4.69) is 49.3 Å². The monoisotopic (exact) mass is 346 g/mol. The van der Waals surface area contributed by atoms with Crippen molar-refractivity contribution in [1.82, 2.24) is 0 Å². The Kier molecular flexibility index (Phi) is 18.6. The van der Waals surface area contributed by atoms with E-state index in [4.69, 9.17) is 0 Å². The highest BCUT2D eigenvalue weighted by Crippen LogP contribution is 2.39. The average molecular weight is 347 g/mol. The van der Waals surface area contributed by atoms with Gasteiger partial charge in [0.2, 0.25) is 0 Å². The van der Waals surface area contributed by atoms with E-state index in [-0.39, 0.29) is 0 Å². The Bertz CT molecular complexity index is 184. The molecule has 2 atom stereocenters. The average Bonchev–Trinajstić information content (AvgIpc) is 2.52. The summed E-state index contributed by atoms with van der Waals surface area (Å²) in [7, 11) is 4.47. The fraction of sp³-hybridized carbons (Fsp3) is 1.00. The largest absolute Gasteiger partial charge is 0.0904 e. The lowest BCUT2D eigenvalue weighted by molar-refractivity contribution is 0.594.